The van der Waals surface area contributed by atoms with E-state index in [0.717, 1.165) is 0 Å². The highest BCUT2D eigenvalue weighted by Crippen LogP contribution is 2.25. The van der Waals surface area contributed by atoms with E-state index in [4.69, 9.17) is 18.9 Å². The van der Waals surface area contributed by atoms with Gasteiger partial charge in [0.2, 0.25) is 0 Å². The zero-order chi connectivity index (χ0) is 13.9. The number of rotatable bonds is 6. The molecular formula is C14H18O6. The van der Waals surface area contributed by atoms with Crippen LogP contribution in [0.3, 0.4) is 0 Å². The maximum atomic E-state index is 11.8. The number of esters is 2. The van der Waals surface area contributed by atoms with Crippen molar-refractivity contribution in [1.29, 1.82) is 0 Å². The van der Waals surface area contributed by atoms with E-state index < -0.39 is 0 Å². The van der Waals surface area contributed by atoms with Crippen molar-refractivity contribution in [2.45, 2.75) is 25.0 Å². The van der Waals surface area contributed by atoms with Crippen LogP contribution in [-0.2, 0) is 28.5 Å². The minimum Gasteiger partial charge on any atom is -0.462 e. The van der Waals surface area contributed by atoms with Gasteiger partial charge < -0.3 is 18.9 Å². The molecule has 0 aromatic rings. The topological polar surface area (TPSA) is 77.7 Å². The second-order valence-corrected chi connectivity index (χ2v) is 5.35. The van der Waals surface area contributed by atoms with Gasteiger partial charge in [-0.05, 0) is 12.8 Å². The molecule has 3 rings (SSSR count). The minimum atomic E-state index is -0.260. The lowest BCUT2D eigenvalue weighted by molar-refractivity contribution is -0.151. The molecule has 0 amide bonds. The predicted molar refractivity (Wildman–Crippen MR) is 66.8 cm³/mol. The maximum Gasteiger partial charge on any atom is 0.312 e. The summed E-state index contributed by atoms with van der Waals surface area (Å²) >= 11 is 0. The normalized spacial score (nSPS) is 34.4. The molecule has 1 aliphatic carbocycles. The Hall–Kier alpha value is -1.40. The zero-order valence-corrected chi connectivity index (χ0v) is 11.2. The van der Waals surface area contributed by atoms with E-state index in [1.165, 1.54) is 0 Å². The lowest BCUT2D eigenvalue weighted by Gasteiger charge is -2.20. The molecule has 6 nitrogen and oxygen atoms in total. The largest absolute Gasteiger partial charge is 0.462 e. The maximum absolute atomic E-state index is 11.8. The summed E-state index contributed by atoms with van der Waals surface area (Å²) < 4.78 is 20.2. The van der Waals surface area contributed by atoms with Crippen LogP contribution in [-0.4, -0.2) is 50.6 Å². The van der Waals surface area contributed by atoms with Gasteiger partial charge in [-0.3, -0.25) is 9.59 Å². The molecule has 0 saturated carbocycles. The predicted octanol–water partition coefficient (Wildman–Crippen LogP) is 0.453. The summed E-state index contributed by atoms with van der Waals surface area (Å²) in [6.07, 6.45) is 4.89. The Balaban J connectivity index is 1.41. The van der Waals surface area contributed by atoms with E-state index in [1.54, 1.807) is 12.2 Å². The van der Waals surface area contributed by atoms with Crippen LogP contribution >= 0.6 is 0 Å². The molecular weight excluding hydrogens is 264 g/mol. The van der Waals surface area contributed by atoms with Crippen LogP contribution < -0.4 is 0 Å². The number of hydrogen-bond donors (Lipinski definition) is 0. The fraction of sp³-hybridized carbons (Fsp3) is 0.714. The van der Waals surface area contributed by atoms with E-state index in [2.05, 4.69) is 0 Å². The van der Waals surface area contributed by atoms with E-state index >= 15 is 0 Å². The molecule has 4 unspecified atom stereocenters. The Kier molecular flexibility index (Phi) is 4.03. The van der Waals surface area contributed by atoms with Crippen molar-refractivity contribution in [3.63, 3.8) is 0 Å². The molecule has 0 aromatic carbocycles. The third-order valence-corrected chi connectivity index (χ3v) is 3.60. The Bertz CT molecular complexity index is 372. The molecule has 3 aliphatic rings. The summed E-state index contributed by atoms with van der Waals surface area (Å²) in [5.74, 6) is -1.00. The van der Waals surface area contributed by atoms with Crippen molar-refractivity contribution < 1.29 is 28.5 Å². The lowest BCUT2D eigenvalue weighted by atomic mass is 9.88. The van der Waals surface area contributed by atoms with Gasteiger partial charge in [0.05, 0.1) is 25.0 Å². The first kappa shape index (κ1) is 13.6. The standard InChI is InChI=1S/C14H18O6/c15-13(19-7-11-5-17-11)9-1-2-10(4-3-9)14(16)20-8-12-6-18-12/h1-2,9-12H,3-8H2. The van der Waals surface area contributed by atoms with Crippen molar-refractivity contribution in [2.75, 3.05) is 26.4 Å². The summed E-state index contributed by atoms with van der Waals surface area (Å²) in [5, 5.41) is 0. The van der Waals surface area contributed by atoms with Gasteiger partial charge in [0.15, 0.2) is 0 Å². The number of hydrogen-bond acceptors (Lipinski definition) is 6. The van der Waals surface area contributed by atoms with Crippen molar-refractivity contribution in [1.82, 2.24) is 0 Å². The fourth-order valence-electron chi connectivity index (χ4n) is 2.11. The first-order valence-corrected chi connectivity index (χ1v) is 6.97. The van der Waals surface area contributed by atoms with Crippen molar-refractivity contribution >= 4 is 11.9 Å². The Morgan fingerprint density at radius 3 is 1.60 bits per heavy atom. The molecule has 0 radical (unpaired) electrons. The van der Waals surface area contributed by atoms with Gasteiger partial charge in [-0.15, -0.1) is 0 Å². The monoisotopic (exact) mass is 282 g/mol. The molecule has 0 bridgehead atoms. The molecule has 0 aromatic heterocycles. The lowest BCUT2D eigenvalue weighted by Crippen LogP contribution is -2.25. The minimum absolute atomic E-state index is 0.0823. The van der Waals surface area contributed by atoms with Crippen LogP contribution in [0.15, 0.2) is 12.2 Å². The number of ether oxygens (including phenoxy) is 4. The smallest absolute Gasteiger partial charge is 0.312 e. The first-order chi connectivity index (χ1) is 9.72. The molecule has 2 heterocycles. The highest BCUT2D eigenvalue weighted by molar-refractivity contribution is 5.78. The van der Waals surface area contributed by atoms with E-state index in [1.807, 2.05) is 0 Å². The average Bonchev–Trinajstić information content (AvgIpc) is 3.37. The van der Waals surface area contributed by atoms with Crippen molar-refractivity contribution in [2.24, 2.45) is 11.8 Å². The highest BCUT2D eigenvalue weighted by Gasteiger charge is 2.31. The van der Waals surface area contributed by atoms with Gasteiger partial charge in [0, 0.05) is 0 Å². The molecule has 2 fully saturated rings. The molecule has 6 heteroatoms. The van der Waals surface area contributed by atoms with Gasteiger partial charge in [0.25, 0.3) is 0 Å². The summed E-state index contributed by atoms with van der Waals surface area (Å²) in [6, 6.07) is 0. The van der Waals surface area contributed by atoms with Crippen LogP contribution in [0.5, 0.6) is 0 Å². The van der Waals surface area contributed by atoms with Gasteiger partial charge in [0.1, 0.15) is 25.4 Å². The number of carbonyl (C=O) groups excluding carboxylic acids is 2. The Morgan fingerprint density at radius 1 is 0.900 bits per heavy atom. The van der Waals surface area contributed by atoms with Crippen molar-refractivity contribution in [3.8, 4) is 0 Å². The summed E-state index contributed by atoms with van der Waals surface area (Å²) in [6.45, 7) is 2.00. The van der Waals surface area contributed by atoms with Gasteiger partial charge in [-0.2, -0.15) is 0 Å². The molecule has 0 spiro atoms. The molecule has 110 valence electrons. The first-order valence-electron chi connectivity index (χ1n) is 6.97. The fourth-order valence-corrected chi connectivity index (χ4v) is 2.11. The van der Waals surface area contributed by atoms with Crippen LogP contribution in [0.4, 0.5) is 0 Å². The SMILES string of the molecule is O=C(OCC1CO1)C1C=CC(C(=O)OCC2CO2)CC1. The second-order valence-electron chi connectivity index (χ2n) is 5.35. The Labute approximate surface area is 117 Å². The van der Waals surface area contributed by atoms with E-state index in [-0.39, 0.29) is 36.0 Å². The molecule has 20 heavy (non-hydrogen) atoms. The second kappa shape index (κ2) is 5.93. The highest BCUT2D eigenvalue weighted by atomic mass is 16.6. The zero-order valence-electron chi connectivity index (χ0n) is 11.2. The van der Waals surface area contributed by atoms with Gasteiger partial charge in [-0.1, -0.05) is 12.2 Å². The molecule has 4 atom stereocenters. The van der Waals surface area contributed by atoms with E-state index in [0.29, 0.717) is 39.3 Å². The Morgan fingerprint density at radius 2 is 1.30 bits per heavy atom. The summed E-state index contributed by atoms with van der Waals surface area (Å²) in [4.78, 5) is 23.5. The molecule has 2 aliphatic heterocycles. The summed E-state index contributed by atoms with van der Waals surface area (Å²) in [5.41, 5.74) is 0. The number of carbonyl (C=O) groups is 2. The quantitative estimate of drug-likeness (QED) is 0.400. The summed E-state index contributed by atoms with van der Waals surface area (Å²) in [7, 11) is 0. The van der Waals surface area contributed by atoms with Gasteiger partial charge in [-0.25, -0.2) is 0 Å². The van der Waals surface area contributed by atoms with Crippen LogP contribution in [0, 0.1) is 11.8 Å². The van der Waals surface area contributed by atoms with E-state index in [9.17, 15) is 9.59 Å². The average molecular weight is 282 g/mol. The van der Waals surface area contributed by atoms with Gasteiger partial charge >= 0.3 is 11.9 Å². The number of epoxide rings is 2. The third-order valence-electron chi connectivity index (χ3n) is 3.60. The third kappa shape index (κ3) is 3.80. The molecule has 0 N–H and O–H groups in total. The van der Waals surface area contributed by atoms with Crippen molar-refractivity contribution in [3.05, 3.63) is 12.2 Å². The van der Waals surface area contributed by atoms with Crippen LogP contribution in [0.25, 0.3) is 0 Å². The molecule has 2 saturated heterocycles. The van der Waals surface area contributed by atoms with Crippen LogP contribution in [0.2, 0.25) is 0 Å². The van der Waals surface area contributed by atoms with Crippen LogP contribution in [0.1, 0.15) is 12.8 Å².